The third-order valence-corrected chi connectivity index (χ3v) is 5.29. The Kier molecular flexibility index (Phi) is 3.94. The Hall–Kier alpha value is -3.88. The number of aromatic nitrogens is 5. The number of benzene rings is 1. The first-order chi connectivity index (χ1) is 14.1. The maximum Gasteiger partial charge on any atom is 0.407 e. The fraction of sp³-hybridized carbons (Fsp3) is 0.200. The minimum Gasteiger partial charge on any atom is -0.465 e. The molecule has 146 valence electrons. The Balaban J connectivity index is 1.49. The number of hydrogen-bond donors (Lipinski definition) is 4. The zero-order valence-corrected chi connectivity index (χ0v) is 15.7. The molecule has 4 heterocycles. The minimum absolute atomic E-state index is 0.390. The minimum atomic E-state index is -0.890. The Labute approximate surface area is 165 Å². The quantitative estimate of drug-likeness (QED) is 0.424. The zero-order chi connectivity index (χ0) is 20.0. The van der Waals surface area contributed by atoms with Crippen molar-refractivity contribution in [3.8, 4) is 0 Å². The fourth-order valence-corrected chi connectivity index (χ4v) is 3.66. The van der Waals surface area contributed by atoms with Crippen LogP contribution in [-0.2, 0) is 0 Å². The van der Waals surface area contributed by atoms with Gasteiger partial charge in [-0.3, -0.25) is 5.10 Å². The summed E-state index contributed by atoms with van der Waals surface area (Å²) in [5.41, 5.74) is 5.78. The van der Waals surface area contributed by atoms with Crippen molar-refractivity contribution >= 4 is 45.1 Å². The molecule has 1 amide bonds. The van der Waals surface area contributed by atoms with Crippen molar-refractivity contribution in [2.45, 2.75) is 13.3 Å². The average Bonchev–Trinajstić information content (AvgIpc) is 3.35. The van der Waals surface area contributed by atoms with E-state index in [4.69, 9.17) is 5.11 Å². The van der Waals surface area contributed by atoms with Crippen LogP contribution >= 0.6 is 0 Å². The number of carboxylic acid groups (broad SMARTS) is 1. The molecule has 5 rings (SSSR count). The van der Waals surface area contributed by atoms with E-state index in [1.54, 1.807) is 6.20 Å². The van der Waals surface area contributed by atoms with Gasteiger partial charge in [-0.15, -0.1) is 0 Å². The number of amides is 1. The van der Waals surface area contributed by atoms with Crippen molar-refractivity contribution in [3.05, 3.63) is 48.1 Å². The van der Waals surface area contributed by atoms with Crippen LogP contribution in [0.1, 0.15) is 17.7 Å². The van der Waals surface area contributed by atoms with Gasteiger partial charge in [0.05, 0.1) is 17.1 Å². The Bertz CT molecular complexity index is 1270. The predicted molar refractivity (Wildman–Crippen MR) is 110 cm³/mol. The highest BCUT2D eigenvalue weighted by Crippen LogP contribution is 2.31. The van der Waals surface area contributed by atoms with Crippen molar-refractivity contribution in [1.82, 2.24) is 30.0 Å². The molecule has 0 spiro atoms. The summed E-state index contributed by atoms with van der Waals surface area (Å²) < 4.78 is 0. The van der Waals surface area contributed by atoms with Gasteiger partial charge < -0.3 is 20.3 Å². The Morgan fingerprint density at radius 1 is 1.28 bits per heavy atom. The topological polar surface area (TPSA) is 123 Å². The maximum atomic E-state index is 11.1. The third kappa shape index (κ3) is 3.06. The normalized spacial score (nSPS) is 14.4. The van der Waals surface area contributed by atoms with Crippen molar-refractivity contribution in [3.63, 3.8) is 0 Å². The molecule has 29 heavy (non-hydrogen) atoms. The molecule has 9 nitrogen and oxygen atoms in total. The molecule has 0 fully saturated rings. The molecule has 4 N–H and O–H groups in total. The summed E-state index contributed by atoms with van der Waals surface area (Å²) in [5, 5.41) is 21.5. The third-order valence-electron chi connectivity index (χ3n) is 5.29. The van der Waals surface area contributed by atoms with Crippen molar-refractivity contribution in [2.75, 3.05) is 18.4 Å². The second kappa shape index (κ2) is 6.62. The SMILES string of the molecule is Cc1cc2[nH]ncc2cc1Nc1ncnc2[nH]c(C3=CCN(C(=O)O)CC3)cc12. The van der Waals surface area contributed by atoms with Gasteiger partial charge in [0.15, 0.2) is 0 Å². The van der Waals surface area contributed by atoms with E-state index in [2.05, 4.69) is 30.5 Å². The van der Waals surface area contributed by atoms with Crippen LogP contribution in [-0.4, -0.2) is 54.3 Å². The second-order valence-corrected chi connectivity index (χ2v) is 7.12. The number of rotatable bonds is 3. The summed E-state index contributed by atoms with van der Waals surface area (Å²) in [5.74, 6) is 0.715. The number of H-pyrrole nitrogens is 2. The van der Waals surface area contributed by atoms with Crippen LogP contribution in [0.2, 0.25) is 0 Å². The largest absolute Gasteiger partial charge is 0.465 e. The molecule has 0 radical (unpaired) electrons. The van der Waals surface area contributed by atoms with Crippen LogP contribution in [0.4, 0.5) is 16.3 Å². The standard InChI is InChI=1S/C20H19N7O2/c1-11-6-17-13(9-23-26-17)7-15(11)24-18-14-8-16(25-19(14)22-10-21-18)12-2-4-27(5-3-12)20(28)29/h2,6-10H,3-5H2,1H3,(H,23,26)(H,28,29)(H2,21,22,24,25). The first-order valence-electron chi connectivity index (χ1n) is 9.30. The first kappa shape index (κ1) is 17.2. The molecular formula is C20H19N7O2. The van der Waals surface area contributed by atoms with E-state index >= 15 is 0 Å². The summed E-state index contributed by atoms with van der Waals surface area (Å²) in [6.07, 6.45) is 5.03. The van der Waals surface area contributed by atoms with E-state index < -0.39 is 6.09 Å². The van der Waals surface area contributed by atoms with Crippen molar-refractivity contribution in [1.29, 1.82) is 0 Å². The van der Waals surface area contributed by atoms with Crippen LogP contribution < -0.4 is 5.32 Å². The summed E-state index contributed by atoms with van der Waals surface area (Å²) >= 11 is 0. The lowest BCUT2D eigenvalue weighted by Gasteiger charge is -2.23. The smallest absolute Gasteiger partial charge is 0.407 e. The van der Waals surface area contributed by atoms with Crippen LogP contribution in [0.5, 0.6) is 0 Å². The highest BCUT2D eigenvalue weighted by atomic mass is 16.4. The lowest BCUT2D eigenvalue weighted by Crippen LogP contribution is -2.33. The number of aryl methyl sites for hydroxylation is 1. The van der Waals surface area contributed by atoms with Crippen molar-refractivity contribution in [2.24, 2.45) is 0 Å². The first-order valence-corrected chi connectivity index (χ1v) is 9.30. The molecule has 1 aliphatic rings. The van der Waals surface area contributed by atoms with Gasteiger partial charge in [-0.1, -0.05) is 6.08 Å². The van der Waals surface area contributed by atoms with E-state index in [1.165, 1.54) is 11.2 Å². The van der Waals surface area contributed by atoms with Crippen LogP contribution in [0.15, 0.2) is 36.8 Å². The van der Waals surface area contributed by atoms with Gasteiger partial charge >= 0.3 is 6.09 Å². The maximum absolute atomic E-state index is 11.1. The summed E-state index contributed by atoms with van der Waals surface area (Å²) in [4.78, 5) is 24.6. The van der Waals surface area contributed by atoms with E-state index in [0.717, 1.165) is 44.5 Å². The van der Waals surface area contributed by atoms with Crippen LogP contribution in [0, 0.1) is 6.92 Å². The van der Waals surface area contributed by atoms with Gasteiger partial charge in [-0.05, 0) is 42.7 Å². The summed E-state index contributed by atoms with van der Waals surface area (Å²) in [7, 11) is 0. The van der Waals surface area contributed by atoms with Gasteiger partial charge in [-0.25, -0.2) is 14.8 Å². The zero-order valence-electron chi connectivity index (χ0n) is 15.7. The summed E-state index contributed by atoms with van der Waals surface area (Å²) in [6, 6.07) is 6.11. The summed E-state index contributed by atoms with van der Waals surface area (Å²) in [6.45, 7) is 2.91. The van der Waals surface area contributed by atoms with Crippen molar-refractivity contribution < 1.29 is 9.90 Å². The molecule has 0 bridgehead atoms. The van der Waals surface area contributed by atoms with Gasteiger partial charge in [0, 0.05) is 29.9 Å². The second-order valence-electron chi connectivity index (χ2n) is 7.12. The van der Waals surface area contributed by atoms with Gasteiger partial charge in [0.2, 0.25) is 0 Å². The lowest BCUT2D eigenvalue weighted by molar-refractivity contribution is 0.150. The molecular weight excluding hydrogens is 370 g/mol. The Morgan fingerprint density at radius 2 is 2.17 bits per heavy atom. The number of aromatic amines is 2. The van der Waals surface area contributed by atoms with Gasteiger partial charge in [0.25, 0.3) is 0 Å². The van der Waals surface area contributed by atoms with Gasteiger partial charge in [-0.2, -0.15) is 5.10 Å². The molecule has 0 aliphatic carbocycles. The highest BCUT2D eigenvalue weighted by molar-refractivity contribution is 5.93. The van der Waals surface area contributed by atoms with Crippen LogP contribution in [0.3, 0.4) is 0 Å². The molecule has 0 atom stereocenters. The van der Waals surface area contributed by atoms with E-state index in [1.807, 2.05) is 31.2 Å². The van der Waals surface area contributed by atoms with E-state index in [0.29, 0.717) is 25.3 Å². The molecule has 9 heteroatoms. The number of carbonyl (C=O) groups is 1. The number of fused-ring (bicyclic) bond motifs is 2. The van der Waals surface area contributed by atoms with Gasteiger partial charge in [0.1, 0.15) is 17.8 Å². The number of nitrogens with zero attached hydrogens (tertiary/aromatic N) is 4. The monoisotopic (exact) mass is 389 g/mol. The van der Waals surface area contributed by atoms with E-state index in [9.17, 15) is 4.79 Å². The Morgan fingerprint density at radius 3 is 2.97 bits per heavy atom. The molecule has 1 aromatic carbocycles. The molecule has 1 aliphatic heterocycles. The lowest BCUT2D eigenvalue weighted by atomic mass is 10.1. The highest BCUT2D eigenvalue weighted by Gasteiger charge is 2.19. The predicted octanol–water partition coefficient (Wildman–Crippen LogP) is 3.65. The average molecular weight is 389 g/mol. The molecule has 4 aromatic rings. The number of hydrogen-bond acceptors (Lipinski definition) is 5. The van der Waals surface area contributed by atoms with E-state index in [-0.39, 0.29) is 0 Å². The number of nitrogens with one attached hydrogen (secondary N) is 3. The van der Waals surface area contributed by atoms with Crippen LogP contribution in [0.25, 0.3) is 27.5 Å². The molecule has 0 saturated heterocycles. The molecule has 3 aromatic heterocycles. The number of anilines is 2. The molecule has 0 unspecified atom stereocenters. The molecule has 0 saturated carbocycles. The fourth-order valence-electron chi connectivity index (χ4n) is 3.66.